The molecule has 4 nitrogen and oxygen atoms in total. The Bertz CT molecular complexity index is 1230. The minimum atomic E-state index is -0.346. The summed E-state index contributed by atoms with van der Waals surface area (Å²) in [6.45, 7) is 3.02. The molecule has 1 fully saturated rings. The van der Waals surface area contributed by atoms with E-state index in [1.54, 1.807) is 11.8 Å². The number of benzene rings is 4. The quantitative estimate of drug-likeness (QED) is 0.251. The van der Waals surface area contributed by atoms with Crippen LogP contribution in [0.1, 0.15) is 18.1 Å². The molecule has 5 heteroatoms. The van der Waals surface area contributed by atoms with Gasteiger partial charge in [0.05, 0.1) is 19.3 Å². The molecule has 4 aromatic rings. The summed E-state index contributed by atoms with van der Waals surface area (Å²) in [6.07, 6.45) is 0.947. The minimum Gasteiger partial charge on any atom is -0.484 e. The third-order valence-corrected chi connectivity index (χ3v) is 7.37. The van der Waals surface area contributed by atoms with Gasteiger partial charge in [-0.1, -0.05) is 91.0 Å². The Labute approximate surface area is 217 Å². The van der Waals surface area contributed by atoms with Gasteiger partial charge in [0, 0.05) is 0 Å². The van der Waals surface area contributed by atoms with Crippen LogP contribution in [0.4, 0.5) is 0 Å². The first-order valence-electron chi connectivity index (χ1n) is 12.4. The van der Waals surface area contributed by atoms with E-state index in [0.29, 0.717) is 13.2 Å². The summed E-state index contributed by atoms with van der Waals surface area (Å²) in [5, 5.41) is 2.32. The van der Waals surface area contributed by atoms with Crippen LogP contribution in [0.3, 0.4) is 0 Å². The lowest BCUT2D eigenvalue weighted by molar-refractivity contribution is -0.223. The molecule has 1 saturated heterocycles. The molecule has 0 bridgehead atoms. The molecule has 5 atom stereocenters. The fourth-order valence-corrected chi connectivity index (χ4v) is 5.40. The Morgan fingerprint density at radius 1 is 0.667 bits per heavy atom. The van der Waals surface area contributed by atoms with Crippen LogP contribution in [0.25, 0.3) is 10.8 Å². The summed E-state index contributed by atoms with van der Waals surface area (Å²) in [7, 11) is 0. The van der Waals surface area contributed by atoms with Crippen LogP contribution in [-0.2, 0) is 27.4 Å². The number of thioether (sulfide) groups is 1. The zero-order valence-corrected chi connectivity index (χ0v) is 21.5. The molecule has 0 N–H and O–H groups in total. The highest BCUT2D eigenvalue weighted by molar-refractivity contribution is 7.99. The summed E-state index contributed by atoms with van der Waals surface area (Å²) < 4.78 is 26.1. The Morgan fingerprint density at radius 2 is 1.25 bits per heavy atom. The van der Waals surface area contributed by atoms with Gasteiger partial charge in [0.2, 0.25) is 0 Å². The maximum absolute atomic E-state index is 6.65. The number of ether oxygens (including phenoxy) is 4. The van der Waals surface area contributed by atoms with E-state index in [0.717, 1.165) is 22.3 Å². The van der Waals surface area contributed by atoms with Gasteiger partial charge in [0.15, 0.2) is 6.10 Å². The first kappa shape index (κ1) is 24.8. The van der Waals surface area contributed by atoms with Gasteiger partial charge in [-0.05, 0) is 47.2 Å². The molecule has 0 unspecified atom stereocenters. The summed E-state index contributed by atoms with van der Waals surface area (Å²) >= 11 is 1.64. The highest BCUT2D eigenvalue weighted by atomic mass is 32.2. The maximum atomic E-state index is 6.65. The van der Waals surface area contributed by atoms with Crippen LogP contribution in [0.2, 0.25) is 0 Å². The average molecular weight is 501 g/mol. The molecular weight excluding hydrogens is 468 g/mol. The molecule has 0 aliphatic carbocycles. The van der Waals surface area contributed by atoms with Gasteiger partial charge < -0.3 is 18.9 Å². The molecule has 0 spiro atoms. The highest BCUT2D eigenvalue weighted by Gasteiger charge is 2.47. The molecule has 1 aliphatic heterocycles. The Balaban J connectivity index is 1.42. The second kappa shape index (κ2) is 11.9. The molecule has 36 heavy (non-hydrogen) atoms. The van der Waals surface area contributed by atoms with Crippen molar-refractivity contribution in [3.63, 3.8) is 0 Å². The van der Waals surface area contributed by atoms with Crippen molar-refractivity contribution in [3.05, 3.63) is 114 Å². The zero-order valence-electron chi connectivity index (χ0n) is 20.7. The van der Waals surface area contributed by atoms with Crippen molar-refractivity contribution < 1.29 is 18.9 Å². The van der Waals surface area contributed by atoms with Crippen molar-refractivity contribution >= 4 is 22.5 Å². The van der Waals surface area contributed by atoms with Gasteiger partial charge in [-0.15, -0.1) is 11.8 Å². The molecule has 1 aliphatic rings. The van der Waals surface area contributed by atoms with E-state index in [1.807, 2.05) is 60.9 Å². The van der Waals surface area contributed by atoms with E-state index < -0.39 is 0 Å². The van der Waals surface area contributed by atoms with E-state index in [9.17, 15) is 0 Å². The van der Waals surface area contributed by atoms with Crippen molar-refractivity contribution in [3.8, 4) is 5.75 Å². The third kappa shape index (κ3) is 5.93. The fraction of sp³-hybridized carbons (Fsp3) is 0.290. The first-order chi connectivity index (χ1) is 17.7. The van der Waals surface area contributed by atoms with E-state index in [1.165, 1.54) is 5.39 Å². The van der Waals surface area contributed by atoms with E-state index in [2.05, 4.69) is 55.5 Å². The standard InChI is InChI=1S/C31H32O4S/c1-22-28(32-20-23-11-5-3-6-12-23)29(33-21-24-13-7-4-8-14-24)30(31(34-22)36-2)35-27-18-17-25-15-9-10-16-26(25)19-27/h3-19,22,28-31H,20-21H2,1-2H3/t22-,28-,29+,30+,31-/m0/s1. The van der Waals surface area contributed by atoms with Crippen molar-refractivity contribution in [2.75, 3.05) is 6.26 Å². The van der Waals surface area contributed by atoms with Crippen molar-refractivity contribution in [2.24, 2.45) is 0 Å². The van der Waals surface area contributed by atoms with Gasteiger partial charge in [-0.25, -0.2) is 0 Å². The summed E-state index contributed by atoms with van der Waals surface area (Å²) in [6, 6.07) is 34.9. The number of rotatable bonds is 9. The Morgan fingerprint density at radius 3 is 1.89 bits per heavy atom. The zero-order chi connectivity index (χ0) is 24.7. The second-order valence-corrected chi connectivity index (χ2v) is 10.00. The third-order valence-electron chi connectivity index (χ3n) is 6.52. The molecular formula is C31H32O4S. The van der Waals surface area contributed by atoms with Gasteiger partial charge >= 0.3 is 0 Å². The molecule has 0 aromatic heterocycles. The van der Waals surface area contributed by atoms with Crippen LogP contribution >= 0.6 is 11.8 Å². The lowest BCUT2D eigenvalue weighted by Gasteiger charge is -2.44. The summed E-state index contributed by atoms with van der Waals surface area (Å²) in [5.41, 5.74) is 2.04. The molecule has 186 valence electrons. The van der Waals surface area contributed by atoms with Crippen molar-refractivity contribution in [1.82, 2.24) is 0 Å². The minimum absolute atomic E-state index is 0.150. The van der Waals surface area contributed by atoms with Gasteiger partial charge in [-0.3, -0.25) is 0 Å². The number of fused-ring (bicyclic) bond motifs is 1. The normalized spacial score (nSPS) is 24.0. The van der Waals surface area contributed by atoms with E-state index in [-0.39, 0.29) is 29.9 Å². The van der Waals surface area contributed by atoms with E-state index in [4.69, 9.17) is 18.9 Å². The van der Waals surface area contributed by atoms with Gasteiger partial charge in [0.25, 0.3) is 0 Å². The largest absolute Gasteiger partial charge is 0.484 e. The van der Waals surface area contributed by atoms with Crippen molar-refractivity contribution in [2.45, 2.75) is 50.0 Å². The number of hydrogen-bond donors (Lipinski definition) is 0. The summed E-state index contributed by atoms with van der Waals surface area (Å²) in [4.78, 5) is 0. The summed E-state index contributed by atoms with van der Waals surface area (Å²) in [5.74, 6) is 0.797. The molecule has 4 aromatic carbocycles. The SMILES string of the molecule is CS[C@@H]1O[C@@H](C)[C@H](OCc2ccccc2)[C@@H](OCc2ccccc2)[C@H]1Oc1ccc2ccccc2c1. The first-order valence-corrected chi connectivity index (χ1v) is 13.6. The van der Waals surface area contributed by atoms with Gasteiger partial charge in [-0.2, -0.15) is 0 Å². The smallest absolute Gasteiger partial charge is 0.163 e. The Hall–Kier alpha value is -2.83. The predicted octanol–water partition coefficient (Wildman–Crippen LogP) is 6.87. The lowest BCUT2D eigenvalue weighted by Crippen LogP contribution is -2.59. The molecule has 0 saturated carbocycles. The van der Waals surface area contributed by atoms with Crippen LogP contribution in [0.5, 0.6) is 5.75 Å². The monoisotopic (exact) mass is 500 g/mol. The van der Waals surface area contributed by atoms with Gasteiger partial charge in [0.1, 0.15) is 23.4 Å². The second-order valence-electron chi connectivity index (χ2n) is 9.06. The van der Waals surface area contributed by atoms with Crippen LogP contribution in [0, 0.1) is 0 Å². The fourth-order valence-electron chi connectivity index (χ4n) is 4.64. The van der Waals surface area contributed by atoms with Crippen LogP contribution in [-0.4, -0.2) is 36.1 Å². The van der Waals surface area contributed by atoms with Crippen molar-refractivity contribution in [1.29, 1.82) is 0 Å². The predicted molar refractivity (Wildman–Crippen MR) is 146 cm³/mol. The highest BCUT2D eigenvalue weighted by Crippen LogP contribution is 2.35. The average Bonchev–Trinajstić information content (AvgIpc) is 2.93. The van der Waals surface area contributed by atoms with Crippen LogP contribution < -0.4 is 4.74 Å². The Kier molecular flexibility index (Phi) is 8.24. The molecule has 0 amide bonds. The van der Waals surface area contributed by atoms with Crippen LogP contribution in [0.15, 0.2) is 103 Å². The maximum Gasteiger partial charge on any atom is 0.163 e. The topological polar surface area (TPSA) is 36.9 Å². The van der Waals surface area contributed by atoms with E-state index >= 15 is 0 Å². The molecule has 1 heterocycles. The molecule has 0 radical (unpaired) electrons. The number of hydrogen-bond acceptors (Lipinski definition) is 5. The molecule has 5 rings (SSSR count). The lowest BCUT2D eigenvalue weighted by atomic mass is 9.99.